The van der Waals surface area contributed by atoms with Crippen LogP contribution in [-0.2, 0) is 0 Å². The molecule has 20 heavy (non-hydrogen) atoms. The van der Waals surface area contributed by atoms with Crippen molar-refractivity contribution in [2.75, 3.05) is 18.0 Å². The van der Waals surface area contributed by atoms with Gasteiger partial charge in [0, 0.05) is 19.0 Å². The number of aryl methyl sites for hydroxylation is 1. The summed E-state index contributed by atoms with van der Waals surface area (Å²) in [6, 6.07) is 0. The Morgan fingerprint density at radius 1 is 1.40 bits per heavy atom. The monoisotopic (exact) mass is 298 g/mol. The first kappa shape index (κ1) is 13.5. The van der Waals surface area contributed by atoms with Gasteiger partial charge in [0.25, 0.3) is 0 Å². The first-order valence-corrected chi connectivity index (χ1v) is 6.96. The van der Waals surface area contributed by atoms with Crippen LogP contribution in [0, 0.1) is 28.9 Å². The molecule has 0 aromatic carbocycles. The van der Waals surface area contributed by atoms with Crippen LogP contribution in [0.5, 0.6) is 0 Å². The molecule has 1 N–H and O–H groups in total. The van der Waals surface area contributed by atoms with Crippen molar-refractivity contribution in [2.24, 2.45) is 11.8 Å². The zero-order valence-corrected chi connectivity index (χ0v) is 11.7. The summed E-state index contributed by atoms with van der Waals surface area (Å²) >= 11 is 5.83. The van der Waals surface area contributed by atoms with E-state index in [2.05, 4.69) is 9.97 Å². The zero-order valence-electron chi connectivity index (χ0n) is 11.0. The molecular formula is C12H15ClN4O3. The van der Waals surface area contributed by atoms with Crippen LogP contribution < -0.4 is 4.90 Å². The highest BCUT2D eigenvalue weighted by atomic mass is 35.5. The van der Waals surface area contributed by atoms with E-state index in [1.165, 1.54) is 0 Å². The fraction of sp³-hybridized carbons (Fsp3) is 0.667. The largest absolute Gasteiger partial charge is 0.393 e. The van der Waals surface area contributed by atoms with Crippen LogP contribution in [0.1, 0.15) is 18.5 Å². The van der Waals surface area contributed by atoms with Gasteiger partial charge in [0.15, 0.2) is 0 Å². The number of aromatic nitrogens is 2. The molecule has 1 aliphatic carbocycles. The second-order valence-corrected chi connectivity index (χ2v) is 5.82. The molecule has 0 amide bonds. The maximum absolute atomic E-state index is 11.2. The number of nitrogens with zero attached hydrogens (tertiary/aromatic N) is 4. The van der Waals surface area contributed by atoms with E-state index < -0.39 is 4.92 Å². The molecule has 3 unspecified atom stereocenters. The molecule has 0 spiro atoms. The van der Waals surface area contributed by atoms with Gasteiger partial charge >= 0.3 is 5.69 Å². The summed E-state index contributed by atoms with van der Waals surface area (Å²) in [5.74, 6) is 0.816. The minimum absolute atomic E-state index is 0.0145. The Kier molecular flexibility index (Phi) is 3.25. The normalized spacial score (nSPS) is 28.8. The van der Waals surface area contributed by atoms with Crippen molar-refractivity contribution in [3.05, 3.63) is 21.1 Å². The van der Waals surface area contributed by atoms with Gasteiger partial charge < -0.3 is 10.0 Å². The minimum Gasteiger partial charge on any atom is -0.393 e. The molecule has 1 aliphatic heterocycles. The summed E-state index contributed by atoms with van der Waals surface area (Å²) in [4.78, 5) is 20.5. The van der Waals surface area contributed by atoms with Crippen LogP contribution in [-0.4, -0.2) is 39.2 Å². The maximum atomic E-state index is 11.2. The van der Waals surface area contributed by atoms with Crippen LogP contribution in [0.25, 0.3) is 0 Å². The SMILES string of the molecule is Cc1nc(Cl)nc(N2CC3CCC(O)C3C2)c1[N+](=O)[O-]. The molecule has 108 valence electrons. The predicted molar refractivity (Wildman–Crippen MR) is 72.9 cm³/mol. The highest BCUT2D eigenvalue weighted by Gasteiger charge is 2.44. The highest BCUT2D eigenvalue weighted by Crippen LogP contribution is 2.42. The smallest absolute Gasteiger partial charge is 0.332 e. The van der Waals surface area contributed by atoms with Crippen molar-refractivity contribution in [3.63, 3.8) is 0 Å². The maximum Gasteiger partial charge on any atom is 0.332 e. The molecule has 7 nitrogen and oxygen atoms in total. The molecule has 1 aromatic rings. The summed E-state index contributed by atoms with van der Waals surface area (Å²) in [5.41, 5.74) is 0.173. The number of hydrogen-bond acceptors (Lipinski definition) is 6. The Morgan fingerprint density at radius 3 is 2.80 bits per heavy atom. The third-order valence-corrected chi connectivity index (χ3v) is 4.48. The van der Waals surface area contributed by atoms with Gasteiger partial charge in [-0.2, -0.15) is 4.98 Å². The summed E-state index contributed by atoms with van der Waals surface area (Å²) in [7, 11) is 0. The molecule has 0 bridgehead atoms. The molecular weight excluding hydrogens is 284 g/mol. The van der Waals surface area contributed by atoms with Crippen molar-refractivity contribution >= 4 is 23.1 Å². The molecule has 1 aromatic heterocycles. The number of aliphatic hydroxyl groups is 1. The lowest BCUT2D eigenvalue weighted by Crippen LogP contribution is -2.26. The molecule has 0 radical (unpaired) electrons. The van der Waals surface area contributed by atoms with Gasteiger partial charge in [-0.1, -0.05) is 0 Å². The van der Waals surface area contributed by atoms with Crippen LogP contribution in [0.2, 0.25) is 5.28 Å². The third kappa shape index (κ3) is 2.10. The van der Waals surface area contributed by atoms with E-state index in [9.17, 15) is 15.2 Å². The van der Waals surface area contributed by atoms with E-state index in [1.54, 1.807) is 6.92 Å². The van der Waals surface area contributed by atoms with Crippen molar-refractivity contribution in [1.82, 2.24) is 9.97 Å². The molecule has 1 saturated heterocycles. The molecule has 1 saturated carbocycles. The van der Waals surface area contributed by atoms with Crippen LogP contribution >= 0.6 is 11.6 Å². The predicted octanol–water partition coefficient (Wildman–Crippen LogP) is 1.55. The third-order valence-electron chi connectivity index (χ3n) is 4.31. The first-order chi connectivity index (χ1) is 9.47. The van der Waals surface area contributed by atoms with E-state index in [4.69, 9.17) is 11.6 Å². The Balaban J connectivity index is 1.97. The molecule has 2 fully saturated rings. The summed E-state index contributed by atoms with van der Waals surface area (Å²) in [6.07, 6.45) is 1.45. The fourth-order valence-electron chi connectivity index (χ4n) is 3.36. The van der Waals surface area contributed by atoms with Gasteiger partial charge in [-0.15, -0.1) is 0 Å². The average Bonchev–Trinajstić information content (AvgIpc) is 2.90. The quantitative estimate of drug-likeness (QED) is 0.506. The number of halogens is 1. The van der Waals surface area contributed by atoms with Crippen LogP contribution in [0.15, 0.2) is 0 Å². The number of fused-ring (bicyclic) bond motifs is 1. The lowest BCUT2D eigenvalue weighted by molar-refractivity contribution is -0.385. The van der Waals surface area contributed by atoms with E-state index in [0.29, 0.717) is 19.0 Å². The lowest BCUT2D eigenvalue weighted by atomic mass is 10.00. The standard InChI is InChI=1S/C12H15ClN4O3/c1-6-10(17(19)20)11(15-12(13)14-6)16-4-7-2-3-9(18)8(7)5-16/h7-9,18H,2-5H2,1H3. The first-order valence-electron chi connectivity index (χ1n) is 6.59. The number of nitro groups is 1. The van der Waals surface area contributed by atoms with Crippen molar-refractivity contribution in [1.29, 1.82) is 0 Å². The van der Waals surface area contributed by atoms with Gasteiger partial charge in [0.1, 0.15) is 5.69 Å². The highest BCUT2D eigenvalue weighted by molar-refractivity contribution is 6.28. The molecule has 2 heterocycles. The lowest BCUT2D eigenvalue weighted by Gasteiger charge is -2.19. The van der Waals surface area contributed by atoms with Crippen LogP contribution in [0.3, 0.4) is 0 Å². The number of hydrogen-bond donors (Lipinski definition) is 1. The Morgan fingerprint density at radius 2 is 2.15 bits per heavy atom. The van der Waals surface area contributed by atoms with E-state index in [0.717, 1.165) is 12.8 Å². The second kappa shape index (κ2) is 4.82. The molecule has 3 rings (SSSR count). The molecule has 8 heteroatoms. The van der Waals surface area contributed by atoms with Gasteiger partial charge in [-0.05, 0) is 37.3 Å². The topological polar surface area (TPSA) is 92.4 Å². The van der Waals surface area contributed by atoms with Crippen molar-refractivity contribution < 1.29 is 10.0 Å². The summed E-state index contributed by atoms with van der Waals surface area (Å²) in [5, 5.41) is 21.2. The van der Waals surface area contributed by atoms with Crippen LogP contribution in [0.4, 0.5) is 11.5 Å². The molecule has 3 atom stereocenters. The minimum atomic E-state index is -0.467. The zero-order chi connectivity index (χ0) is 14.4. The Labute approximate surface area is 120 Å². The van der Waals surface area contributed by atoms with Gasteiger partial charge in [0.2, 0.25) is 11.1 Å². The van der Waals surface area contributed by atoms with E-state index in [1.807, 2.05) is 4.90 Å². The second-order valence-electron chi connectivity index (χ2n) is 5.48. The van der Waals surface area contributed by atoms with Crippen molar-refractivity contribution in [3.8, 4) is 0 Å². The van der Waals surface area contributed by atoms with E-state index in [-0.39, 0.29) is 34.5 Å². The fourth-order valence-corrected chi connectivity index (χ4v) is 3.57. The summed E-state index contributed by atoms with van der Waals surface area (Å²) in [6.45, 7) is 2.82. The Hall–Kier alpha value is -1.47. The summed E-state index contributed by atoms with van der Waals surface area (Å²) < 4.78 is 0. The number of anilines is 1. The van der Waals surface area contributed by atoms with Crippen molar-refractivity contribution in [2.45, 2.75) is 25.9 Å². The Bertz CT molecular complexity index is 568. The number of aliphatic hydroxyl groups excluding tert-OH is 1. The number of rotatable bonds is 2. The van der Waals surface area contributed by atoms with Gasteiger partial charge in [-0.3, -0.25) is 10.1 Å². The van der Waals surface area contributed by atoms with E-state index >= 15 is 0 Å². The van der Waals surface area contributed by atoms with Gasteiger partial charge in [-0.25, -0.2) is 4.98 Å². The average molecular weight is 299 g/mol. The molecule has 2 aliphatic rings. The van der Waals surface area contributed by atoms with Gasteiger partial charge in [0.05, 0.1) is 11.0 Å².